The molecule has 5 nitrogen and oxygen atoms in total. The predicted molar refractivity (Wildman–Crippen MR) is 70.1 cm³/mol. The molecule has 1 amide bonds. The molecule has 1 aromatic heterocycles. The van der Waals surface area contributed by atoms with E-state index < -0.39 is 0 Å². The van der Waals surface area contributed by atoms with E-state index in [-0.39, 0.29) is 5.91 Å². The summed E-state index contributed by atoms with van der Waals surface area (Å²) in [5, 5.41) is 3.47. The Bertz CT molecular complexity index is 357. The third-order valence-corrected chi connectivity index (χ3v) is 3.48. The number of amides is 1. The molecule has 5 heteroatoms. The lowest BCUT2D eigenvalue weighted by Crippen LogP contribution is -2.44. The number of imidazole rings is 1. The predicted octanol–water partition coefficient (Wildman–Crippen LogP) is 0.874. The molecule has 1 aromatic rings. The number of piperidine rings is 1. The van der Waals surface area contributed by atoms with Crippen molar-refractivity contribution < 1.29 is 4.79 Å². The third kappa shape index (κ3) is 3.84. The molecule has 1 fully saturated rings. The van der Waals surface area contributed by atoms with Crippen molar-refractivity contribution in [2.24, 2.45) is 0 Å². The van der Waals surface area contributed by atoms with Crippen LogP contribution in [0.5, 0.6) is 0 Å². The summed E-state index contributed by atoms with van der Waals surface area (Å²) in [7, 11) is 1.90. The first-order valence-electron chi connectivity index (χ1n) is 6.69. The van der Waals surface area contributed by atoms with Gasteiger partial charge in [-0.3, -0.25) is 4.79 Å². The van der Waals surface area contributed by atoms with Gasteiger partial charge in [0.15, 0.2) is 0 Å². The van der Waals surface area contributed by atoms with Gasteiger partial charge < -0.3 is 14.8 Å². The van der Waals surface area contributed by atoms with Gasteiger partial charge in [0, 0.05) is 45.0 Å². The minimum atomic E-state index is 0.205. The Hall–Kier alpha value is -1.36. The molecule has 1 aliphatic heterocycles. The smallest absolute Gasteiger partial charge is 0.224 e. The number of carbonyl (C=O) groups excluding carboxylic acids is 1. The minimum absolute atomic E-state index is 0.205. The van der Waals surface area contributed by atoms with Gasteiger partial charge in [0.05, 0.1) is 6.33 Å². The SMILES string of the molecule is CN(CC1CCCCN1)C(=O)CCn1ccnc1. The second kappa shape index (κ2) is 6.54. The molecule has 0 bridgehead atoms. The molecule has 1 N–H and O–H groups in total. The lowest BCUT2D eigenvalue weighted by Gasteiger charge is -2.28. The molecule has 1 aliphatic rings. The molecule has 1 atom stereocenters. The van der Waals surface area contributed by atoms with Gasteiger partial charge in [-0.05, 0) is 19.4 Å². The van der Waals surface area contributed by atoms with Crippen LogP contribution in [0.2, 0.25) is 0 Å². The Morgan fingerprint density at radius 2 is 2.44 bits per heavy atom. The van der Waals surface area contributed by atoms with Crippen molar-refractivity contribution in [1.82, 2.24) is 19.8 Å². The van der Waals surface area contributed by atoms with Gasteiger partial charge in [0.2, 0.25) is 5.91 Å². The molecule has 0 radical (unpaired) electrons. The largest absolute Gasteiger partial charge is 0.344 e. The number of carbonyl (C=O) groups is 1. The van der Waals surface area contributed by atoms with Crippen molar-refractivity contribution in [3.05, 3.63) is 18.7 Å². The highest BCUT2D eigenvalue weighted by atomic mass is 16.2. The molecule has 0 spiro atoms. The van der Waals surface area contributed by atoms with E-state index in [9.17, 15) is 4.79 Å². The molecule has 0 aliphatic carbocycles. The van der Waals surface area contributed by atoms with Crippen molar-refractivity contribution >= 4 is 5.91 Å². The highest BCUT2D eigenvalue weighted by Crippen LogP contribution is 2.08. The lowest BCUT2D eigenvalue weighted by atomic mass is 10.0. The van der Waals surface area contributed by atoms with Crippen LogP contribution in [-0.2, 0) is 11.3 Å². The molecule has 100 valence electrons. The number of nitrogens with one attached hydrogen (secondary N) is 1. The Kier molecular flexibility index (Phi) is 4.75. The fourth-order valence-corrected chi connectivity index (χ4v) is 2.35. The van der Waals surface area contributed by atoms with Crippen LogP contribution in [0.25, 0.3) is 0 Å². The summed E-state index contributed by atoms with van der Waals surface area (Å²) < 4.78 is 1.94. The van der Waals surface area contributed by atoms with E-state index in [1.807, 2.05) is 22.7 Å². The van der Waals surface area contributed by atoms with E-state index in [0.29, 0.717) is 19.0 Å². The topological polar surface area (TPSA) is 50.2 Å². The van der Waals surface area contributed by atoms with Crippen LogP contribution in [0, 0.1) is 0 Å². The maximum Gasteiger partial charge on any atom is 0.224 e. The number of aromatic nitrogens is 2. The summed E-state index contributed by atoms with van der Waals surface area (Å²) in [6.07, 6.45) is 9.62. The quantitative estimate of drug-likeness (QED) is 0.844. The normalized spacial score (nSPS) is 19.7. The number of nitrogens with zero attached hydrogens (tertiary/aromatic N) is 3. The van der Waals surface area contributed by atoms with E-state index in [0.717, 1.165) is 13.1 Å². The van der Waals surface area contributed by atoms with Crippen molar-refractivity contribution in [2.75, 3.05) is 20.1 Å². The van der Waals surface area contributed by atoms with Crippen molar-refractivity contribution in [2.45, 2.75) is 38.3 Å². The zero-order valence-electron chi connectivity index (χ0n) is 11.0. The Balaban J connectivity index is 1.70. The average Bonchev–Trinajstić information content (AvgIpc) is 2.90. The first kappa shape index (κ1) is 13.1. The molecular formula is C13H22N4O. The van der Waals surface area contributed by atoms with Crippen LogP contribution >= 0.6 is 0 Å². The van der Waals surface area contributed by atoms with E-state index >= 15 is 0 Å². The maximum atomic E-state index is 12.0. The first-order chi connectivity index (χ1) is 8.75. The zero-order valence-corrected chi connectivity index (χ0v) is 11.0. The summed E-state index contributed by atoms with van der Waals surface area (Å²) in [4.78, 5) is 17.8. The summed E-state index contributed by atoms with van der Waals surface area (Å²) in [6.45, 7) is 2.62. The first-order valence-corrected chi connectivity index (χ1v) is 6.69. The third-order valence-electron chi connectivity index (χ3n) is 3.48. The lowest BCUT2D eigenvalue weighted by molar-refractivity contribution is -0.130. The van der Waals surface area contributed by atoms with Gasteiger partial charge in [-0.1, -0.05) is 6.42 Å². The zero-order chi connectivity index (χ0) is 12.8. The van der Waals surface area contributed by atoms with Gasteiger partial charge in [-0.25, -0.2) is 4.98 Å². The number of likely N-dealkylation sites (N-methyl/N-ethyl adjacent to an activating group) is 1. The molecule has 18 heavy (non-hydrogen) atoms. The highest BCUT2D eigenvalue weighted by molar-refractivity contribution is 5.75. The number of rotatable bonds is 5. The summed E-state index contributed by atoms with van der Waals surface area (Å²) >= 11 is 0. The fraction of sp³-hybridized carbons (Fsp3) is 0.692. The highest BCUT2D eigenvalue weighted by Gasteiger charge is 2.17. The molecular weight excluding hydrogens is 228 g/mol. The average molecular weight is 250 g/mol. The number of hydrogen-bond donors (Lipinski definition) is 1. The standard InChI is InChI=1S/C13H22N4O/c1-16(10-12-4-2-3-6-15-12)13(18)5-8-17-9-7-14-11-17/h7,9,11-12,15H,2-6,8,10H2,1H3. The molecule has 1 unspecified atom stereocenters. The number of hydrogen-bond acceptors (Lipinski definition) is 3. The molecule has 2 rings (SSSR count). The second-order valence-electron chi connectivity index (χ2n) is 4.97. The summed E-state index contributed by atoms with van der Waals surface area (Å²) in [5.74, 6) is 0.205. The van der Waals surface area contributed by atoms with Gasteiger partial charge in [0.25, 0.3) is 0 Å². The maximum absolute atomic E-state index is 12.0. The van der Waals surface area contributed by atoms with Crippen molar-refractivity contribution in [3.63, 3.8) is 0 Å². The molecule has 0 aromatic carbocycles. The monoisotopic (exact) mass is 250 g/mol. The molecule has 0 saturated carbocycles. The van der Waals surface area contributed by atoms with Crippen LogP contribution in [0.15, 0.2) is 18.7 Å². The van der Waals surface area contributed by atoms with Crippen molar-refractivity contribution in [1.29, 1.82) is 0 Å². The van der Waals surface area contributed by atoms with Crippen LogP contribution in [0.1, 0.15) is 25.7 Å². The van der Waals surface area contributed by atoms with Gasteiger partial charge >= 0.3 is 0 Å². The van der Waals surface area contributed by atoms with Crippen molar-refractivity contribution in [3.8, 4) is 0 Å². The van der Waals surface area contributed by atoms with E-state index in [4.69, 9.17) is 0 Å². The van der Waals surface area contributed by atoms with Crippen LogP contribution in [0.3, 0.4) is 0 Å². The Morgan fingerprint density at radius 1 is 1.56 bits per heavy atom. The van der Waals surface area contributed by atoms with Gasteiger partial charge in [-0.15, -0.1) is 0 Å². The van der Waals surface area contributed by atoms with Gasteiger partial charge in [-0.2, -0.15) is 0 Å². The number of aryl methyl sites for hydroxylation is 1. The molecule has 1 saturated heterocycles. The summed E-state index contributed by atoms with van der Waals surface area (Å²) in [5.41, 5.74) is 0. The molecule has 2 heterocycles. The second-order valence-corrected chi connectivity index (χ2v) is 4.97. The minimum Gasteiger partial charge on any atom is -0.344 e. The fourth-order valence-electron chi connectivity index (χ4n) is 2.35. The Morgan fingerprint density at radius 3 is 3.11 bits per heavy atom. The van der Waals surface area contributed by atoms with Gasteiger partial charge in [0.1, 0.15) is 0 Å². The Labute approximate surface area is 108 Å². The van der Waals surface area contributed by atoms with E-state index in [1.165, 1.54) is 19.3 Å². The van der Waals surface area contributed by atoms with Crippen LogP contribution in [-0.4, -0.2) is 46.5 Å². The van der Waals surface area contributed by atoms with Crippen LogP contribution < -0.4 is 5.32 Å². The summed E-state index contributed by atoms with van der Waals surface area (Å²) in [6, 6.07) is 0.473. The van der Waals surface area contributed by atoms with E-state index in [2.05, 4.69) is 10.3 Å². The van der Waals surface area contributed by atoms with E-state index in [1.54, 1.807) is 12.5 Å². The van der Waals surface area contributed by atoms with Crippen LogP contribution in [0.4, 0.5) is 0 Å².